The van der Waals surface area contributed by atoms with Gasteiger partial charge >= 0.3 is 11.9 Å². The highest BCUT2D eigenvalue weighted by molar-refractivity contribution is 5.70. The molecule has 0 aromatic rings. The van der Waals surface area contributed by atoms with Crippen molar-refractivity contribution in [3.8, 4) is 0 Å². The molecule has 9 nitrogen and oxygen atoms in total. The van der Waals surface area contributed by atoms with E-state index in [1.54, 1.807) is 0 Å². The Morgan fingerprint density at radius 1 is 0.413 bits per heavy atom. The van der Waals surface area contributed by atoms with Crippen LogP contribution in [0.1, 0.15) is 258 Å². The summed E-state index contributed by atoms with van der Waals surface area (Å²) in [5.74, 6) is -2.28. The molecule has 0 rings (SSSR count). The molecule has 0 amide bonds. The smallest absolute Gasteiger partial charge is 0.306 e. The maximum absolute atomic E-state index is 12.9. The van der Waals surface area contributed by atoms with E-state index in [0.717, 1.165) is 89.9 Å². The number of ether oxygens (including phenoxy) is 4. The molecule has 0 aliphatic rings. The van der Waals surface area contributed by atoms with E-state index in [2.05, 4.69) is 98.9 Å². The minimum Gasteiger partial charge on any atom is -0.545 e. The Hall–Kier alpha value is -3.53. The van der Waals surface area contributed by atoms with Crippen LogP contribution in [-0.4, -0.2) is 82.3 Å². The monoisotopic (exact) mass is 1050 g/mol. The third-order valence-electron chi connectivity index (χ3n) is 13.2. The molecule has 75 heavy (non-hydrogen) atoms. The van der Waals surface area contributed by atoms with Crippen molar-refractivity contribution in [1.29, 1.82) is 0 Å². The average molecular weight is 1050 g/mol. The number of esters is 2. The van der Waals surface area contributed by atoms with E-state index in [-0.39, 0.29) is 32.2 Å². The molecule has 0 aliphatic heterocycles. The van der Waals surface area contributed by atoms with Crippen LogP contribution in [0.5, 0.6) is 0 Å². The Balaban J connectivity index is 4.18. The summed E-state index contributed by atoms with van der Waals surface area (Å²) < 4.78 is 22.7. The van der Waals surface area contributed by atoms with Crippen molar-refractivity contribution in [1.82, 2.24) is 0 Å². The van der Waals surface area contributed by atoms with Gasteiger partial charge in [-0.25, -0.2) is 0 Å². The van der Waals surface area contributed by atoms with Gasteiger partial charge in [-0.1, -0.05) is 259 Å². The van der Waals surface area contributed by atoms with E-state index in [0.29, 0.717) is 23.9 Å². The lowest BCUT2D eigenvalue weighted by Gasteiger charge is -2.26. The van der Waals surface area contributed by atoms with Gasteiger partial charge in [-0.2, -0.15) is 0 Å². The number of nitrogens with zero attached hydrogens (tertiary/aromatic N) is 1. The molecule has 2 atom stereocenters. The van der Waals surface area contributed by atoms with Crippen molar-refractivity contribution in [2.45, 2.75) is 270 Å². The summed E-state index contributed by atoms with van der Waals surface area (Å²) in [6.07, 6.45) is 72.0. The predicted octanol–water partition coefficient (Wildman–Crippen LogP) is 17.0. The third-order valence-corrected chi connectivity index (χ3v) is 13.2. The van der Waals surface area contributed by atoms with Gasteiger partial charge in [0.15, 0.2) is 12.4 Å². The molecule has 2 unspecified atom stereocenters. The van der Waals surface area contributed by atoms with Crippen LogP contribution in [0.15, 0.2) is 85.1 Å². The molecule has 0 aromatic carbocycles. The first-order valence-corrected chi connectivity index (χ1v) is 30.7. The third kappa shape index (κ3) is 58.0. The molecule has 0 N–H and O–H groups in total. The minimum atomic E-state index is -1.62. The molecular formula is C66H115NO8. The Bertz CT molecular complexity index is 1500. The number of unbranched alkanes of at least 4 members (excludes halogenated alkanes) is 27. The van der Waals surface area contributed by atoms with Crippen LogP contribution in [0.4, 0.5) is 0 Å². The van der Waals surface area contributed by atoms with Gasteiger partial charge in [0.05, 0.1) is 40.3 Å². The van der Waals surface area contributed by atoms with E-state index in [4.69, 9.17) is 18.9 Å². The first kappa shape index (κ1) is 71.5. The number of carbonyl (C=O) groups is 3. The van der Waals surface area contributed by atoms with E-state index in [1.807, 2.05) is 21.1 Å². The van der Waals surface area contributed by atoms with Gasteiger partial charge in [-0.15, -0.1) is 0 Å². The number of rotatable bonds is 56. The van der Waals surface area contributed by atoms with Crippen LogP contribution in [0, 0.1) is 0 Å². The molecule has 0 fully saturated rings. The molecule has 0 saturated heterocycles. The Morgan fingerprint density at radius 2 is 0.760 bits per heavy atom. The number of likely N-dealkylation sites (N-methyl/N-ethyl adjacent to an activating group) is 1. The van der Waals surface area contributed by atoms with Crippen molar-refractivity contribution >= 4 is 17.9 Å². The summed E-state index contributed by atoms with van der Waals surface area (Å²) in [6.45, 7) is 4.65. The normalized spacial score (nSPS) is 13.3. The SMILES string of the molecule is CC/C=C\C/C=C\C/C=C\C/C=C\C/C=C\C/C=C\C/C=C\CCCCCCCCCCCCCC(=O)OC(COC(=O)CCCCCCCCCCCCCCCCCCC)COC(OCC[N+](C)(C)C)C(=O)[O-]. The second-order valence-electron chi connectivity index (χ2n) is 21.6. The molecule has 0 bridgehead atoms. The first-order chi connectivity index (χ1) is 36.6. The van der Waals surface area contributed by atoms with Crippen molar-refractivity contribution in [2.24, 2.45) is 0 Å². The van der Waals surface area contributed by atoms with Gasteiger partial charge in [0.1, 0.15) is 13.2 Å². The fourth-order valence-corrected chi connectivity index (χ4v) is 8.46. The zero-order valence-electron chi connectivity index (χ0n) is 49.1. The summed E-state index contributed by atoms with van der Waals surface area (Å²) in [7, 11) is 5.92. The maximum Gasteiger partial charge on any atom is 0.306 e. The van der Waals surface area contributed by atoms with Crippen LogP contribution >= 0.6 is 0 Å². The molecule has 0 heterocycles. The first-order valence-electron chi connectivity index (χ1n) is 30.7. The maximum atomic E-state index is 12.9. The molecule has 0 aliphatic carbocycles. The zero-order valence-corrected chi connectivity index (χ0v) is 49.1. The Labute approximate surface area is 461 Å². The van der Waals surface area contributed by atoms with Crippen molar-refractivity contribution in [3.63, 3.8) is 0 Å². The lowest BCUT2D eigenvalue weighted by molar-refractivity contribution is -0.870. The lowest BCUT2D eigenvalue weighted by Crippen LogP contribution is -2.44. The number of carboxylic acid groups (broad SMARTS) is 1. The second kappa shape index (κ2) is 56.7. The number of allylic oxidation sites excluding steroid dienone is 14. The summed E-state index contributed by atoms with van der Waals surface area (Å²) in [6, 6.07) is 0. The van der Waals surface area contributed by atoms with Gasteiger partial charge in [0.25, 0.3) is 0 Å². The molecule has 0 radical (unpaired) electrons. The Morgan fingerprint density at radius 3 is 1.13 bits per heavy atom. The van der Waals surface area contributed by atoms with Gasteiger partial charge in [-0.3, -0.25) is 9.59 Å². The number of quaternary nitrogens is 1. The average Bonchev–Trinajstić information content (AvgIpc) is 3.38. The summed E-state index contributed by atoms with van der Waals surface area (Å²) in [4.78, 5) is 37.3. The number of hydrogen-bond donors (Lipinski definition) is 0. The number of aliphatic carboxylic acids is 1. The standard InChI is InChI=1S/C66H115NO8/c1-6-8-10-12-14-16-18-20-22-24-25-26-27-28-29-30-31-32-33-34-35-36-37-38-39-41-43-45-47-49-51-53-55-57-64(69)75-62(61-74-66(65(70)71)72-59-58-67(3,4)5)60-73-63(68)56-54-52-50-48-46-44-42-40-23-21-19-17-15-13-11-9-7-2/h8,10,14,16,20,22,25-26,28-29,31-32,34-35,62,66H,6-7,9,11-13,15,17-19,21,23-24,27,30,33,36-61H2,1-5H3/b10-8-,16-14-,22-20-,26-25-,29-28-,32-31-,35-34-. The lowest BCUT2D eigenvalue weighted by atomic mass is 10.0. The highest BCUT2D eigenvalue weighted by Crippen LogP contribution is 2.16. The quantitative estimate of drug-likeness (QED) is 0.0195. The van der Waals surface area contributed by atoms with Gasteiger partial charge in [0, 0.05) is 12.8 Å². The molecule has 0 aromatic heterocycles. The summed E-state index contributed by atoms with van der Waals surface area (Å²) in [5.41, 5.74) is 0. The Kier molecular flexibility index (Phi) is 54.0. The van der Waals surface area contributed by atoms with E-state index in [9.17, 15) is 19.5 Å². The van der Waals surface area contributed by atoms with E-state index >= 15 is 0 Å². The van der Waals surface area contributed by atoms with Gasteiger partial charge in [-0.05, 0) is 70.6 Å². The van der Waals surface area contributed by atoms with Crippen molar-refractivity contribution in [3.05, 3.63) is 85.1 Å². The molecule has 9 heteroatoms. The van der Waals surface area contributed by atoms with E-state index < -0.39 is 24.3 Å². The van der Waals surface area contributed by atoms with Crippen LogP contribution in [-0.2, 0) is 33.3 Å². The van der Waals surface area contributed by atoms with Gasteiger partial charge < -0.3 is 33.3 Å². The number of carbonyl (C=O) groups excluding carboxylic acids is 3. The zero-order chi connectivity index (χ0) is 54.8. The molecule has 0 saturated carbocycles. The largest absolute Gasteiger partial charge is 0.545 e. The molecule has 0 spiro atoms. The highest BCUT2D eigenvalue weighted by atomic mass is 16.7. The van der Waals surface area contributed by atoms with Crippen LogP contribution in [0.3, 0.4) is 0 Å². The topological polar surface area (TPSA) is 111 Å². The molecular weight excluding hydrogens is 935 g/mol. The predicted molar refractivity (Wildman–Crippen MR) is 315 cm³/mol. The van der Waals surface area contributed by atoms with Crippen LogP contribution in [0.25, 0.3) is 0 Å². The van der Waals surface area contributed by atoms with Gasteiger partial charge in [0.2, 0.25) is 0 Å². The second-order valence-corrected chi connectivity index (χ2v) is 21.6. The van der Waals surface area contributed by atoms with Crippen molar-refractivity contribution in [2.75, 3.05) is 47.5 Å². The van der Waals surface area contributed by atoms with Crippen LogP contribution in [0.2, 0.25) is 0 Å². The van der Waals surface area contributed by atoms with Crippen LogP contribution < -0.4 is 5.11 Å². The highest BCUT2D eigenvalue weighted by Gasteiger charge is 2.22. The number of hydrogen-bond acceptors (Lipinski definition) is 8. The summed E-state index contributed by atoms with van der Waals surface area (Å²) in [5, 5.41) is 11.8. The van der Waals surface area contributed by atoms with Crippen molar-refractivity contribution < 1.29 is 42.9 Å². The fraction of sp³-hybridized carbons (Fsp3) is 0.742. The number of carboxylic acids is 1. The molecule has 432 valence electrons. The fourth-order valence-electron chi connectivity index (χ4n) is 8.46. The minimum absolute atomic E-state index is 0.146. The van der Waals surface area contributed by atoms with E-state index in [1.165, 1.54) is 135 Å². The summed E-state index contributed by atoms with van der Waals surface area (Å²) >= 11 is 0.